The van der Waals surface area contributed by atoms with Gasteiger partial charge in [-0.15, -0.1) is 0 Å². The topological polar surface area (TPSA) is 72.8 Å². The number of fused-ring (bicyclic) bond motifs is 5. The summed E-state index contributed by atoms with van der Waals surface area (Å²) in [6, 6.07) is 22.9. The predicted molar refractivity (Wildman–Crippen MR) is 135 cm³/mol. The summed E-state index contributed by atoms with van der Waals surface area (Å²) in [6.45, 7) is 0.498. The minimum Gasteiger partial charge on any atom is -0.497 e. The molecule has 0 fully saturated rings. The van der Waals surface area contributed by atoms with Crippen LogP contribution in [0.25, 0.3) is 22.2 Å². The number of methoxy groups -OCH3 is 1. The van der Waals surface area contributed by atoms with Crippen molar-refractivity contribution in [3.8, 4) is 17.0 Å². The van der Waals surface area contributed by atoms with Crippen LogP contribution < -0.4 is 15.0 Å². The Bertz CT molecular complexity index is 1380. The quantitative estimate of drug-likeness (QED) is 0.368. The van der Waals surface area contributed by atoms with E-state index in [-0.39, 0.29) is 25.6 Å². The Morgan fingerprint density at radius 2 is 1.85 bits per heavy atom. The number of carbonyl (C=O) groups excluding carboxylic acids is 2. The summed E-state index contributed by atoms with van der Waals surface area (Å²) in [5, 5.41) is 3.77. The van der Waals surface area contributed by atoms with Gasteiger partial charge in [-0.1, -0.05) is 34.1 Å². The molecule has 4 aromatic rings. The zero-order chi connectivity index (χ0) is 23.7. The van der Waals surface area contributed by atoms with Crippen molar-refractivity contribution in [2.24, 2.45) is 0 Å². The van der Waals surface area contributed by atoms with Gasteiger partial charge in [0.1, 0.15) is 18.9 Å². The van der Waals surface area contributed by atoms with Gasteiger partial charge in [-0.05, 0) is 54.6 Å². The average molecular weight is 520 g/mol. The maximum atomic E-state index is 13.3. The molecule has 7 nitrogen and oxygen atoms in total. The molecule has 0 saturated carbocycles. The number of nitrogens with zero attached hydrogens (tertiary/aromatic N) is 2. The van der Waals surface area contributed by atoms with E-state index in [1.54, 1.807) is 36.3 Å². The smallest absolute Gasteiger partial charge is 0.411 e. The fourth-order valence-electron chi connectivity index (χ4n) is 4.21. The van der Waals surface area contributed by atoms with Gasteiger partial charge in [-0.25, -0.2) is 4.79 Å². The van der Waals surface area contributed by atoms with E-state index in [0.29, 0.717) is 11.4 Å². The number of hydrogen-bond acceptors (Lipinski definition) is 4. The maximum Gasteiger partial charge on any atom is 0.411 e. The standard InChI is InChI=1S/C26H22BrN3O4/c1-33-20-9-7-19(8-10-20)28-26(32)34-13-12-29-23-11-6-18(27)15-21(23)24-14-17-4-2-3-5-22(17)30(24)16-25(29)31/h2-11,14-15H,12-13,16H2,1H3,(H,28,32). The van der Waals surface area contributed by atoms with Gasteiger partial charge in [0.15, 0.2) is 0 Å². The summed E-state index contributed by atoms with van der Waals surface area (Å²) in [7, 11) is 1.58. The number of halogens is 1. The molecular formula is C26H22BrN3O4. The number of aromatic nitrogens is 1. The van der Waals surface area contributed by atoms with Gasteiger partial charge in [-0.2, -0.15) is 0 Å². The van der Waals surface area contributed by atoms with E-state index in [1.807, 2.05) is 47.0 Å². The summed E-state index contributed by atoms with van der Waals surface area (Å²) in [4.78, 5) is 27.3. The average Bonchev–Trinajstić information content (AvgIpc) is 3.16. The Hall–Kier alpha value is -3.78. The first-order valence-corrected chi connectivity index (χ1v) is 11.6. The molecule has 34 heavy (non-hydrogen) atoms. The predicted octanol–water partition coefficient (Wildman–Crippen LogP) is 5.67. The minimum absolute atomic E-state index is 0.0544. The summed E-state index contributed by atoms with van der Waals surface area (Å²) in [6.07, 6.45) is -0.583. The van der Waals surface area contributed by atoms with Gasteiger partial charge < -0.3 is 18.9 Å². The lowest BCUT2D eigenvalue weighted by Gasteiger charge is -2.23. The van der Waals surface area contributed by atoms with Gasteiger partial charge in [0.25, 0.3) is 0 Å². The van der Waals surface area contributed by atoms with Crippen molar-refractivity contribution in [1.82, 2.24) is 4.57 Å². The summed E-state index contributed by atoms with van der Waals surface area (Å²) in [5.41, 5.74) is 4.31. The molecule has 8 heteroatoms. The molecule has 0 spiro atoms. The first-order chi connectivity index (χ1) is 16.5. The van der Waals surface area contributed by atoms with Crippen LogP contribution in [0.1, 0.15) is 0 Å². The first-order valence-electron chi connectivity index (χ1n) is 10.8. The number of para-hydroxylation sites is 1. The molecule has 0 aliphatic carbocycles. The zero-order valence-corrected chi connectivity index (χ0v) is 20.0. The van der Waals surface area contributed by atoms with E-state index in [2.05, 4.69) is 27.3 Å². The second-order valence-corrected chi connectivity index (χ2v) is 8.79. The summed E-state index contributed by atoms with van der Waals surface area (Å²) < 4.78 is 13.5. The maximum absolute atomic E-state index is 13.3. The number of nitrogens with one attached hydrogen (secondary N) is 1. The molecule has 1 N–H and O–H groups in total. The van der Waals surface area contributed by atoms with Crippen LogP contribution in [0.5, 0.6) is 5.75 Å². The molecule has 1 aliphatic rings. The van der Waals surface area contributed by atoms with Gasteiger partial charge in [0, 0.05) is 26.6 Å². The van der Waals surface area contributed by atoms with Crippen LogP contribution in [0.2, 0.25) is 0 Å². The van der Waals surface area contributed by atoms with Crippen LogP contribution in [-0.4, -0.2) is 36.8 Å². The van der Waals surface area contributed by atoms with Crippen LogP contribution in [0.3, 0.4) is 0 Å². The Morgan fingerprint density at radius 3 is 2.65 bits per heavy atom. The minimum atomic E-state index is -0.583. The lowest BCUT2D eigenvalue weighted by molar-refractivity contribution is -0.119. The number of hydrogen-bond donors (Lipinski definition) is 1. The highest BCUT2D eigenvalue weighted by molar-refractivity contribution is 9.10. The van der Waals surface area contributed by atoms with E-state index in [4.69, 9.17) is 9.47 Å². The van der Waals surface area contributed by atoms with Crippen molar-refractivity contribution in [2.45, 2.75) is 6.54 Å². The SMILES string of the molecule is COc1ccc(NC(=O)OCCN2C(=O)Cn3c(cc4ccccc43)-c3cc(Br)ccc32)cc1. The number of carbonyl (C=O) groups is 2. The van der Waals surface area contributed by atoms with Crippen molar-refractivity contribution in [3.05, 3.63) is 77.3 Å². The third-order valence-corrected chi connectivity index (χ3v) is 6.31. The first kappa shape index (κ1) is 22.0. The molecule has 0 atom stereocenters. The van der Waals surface area contributed by atoms with Crippen LogP contribution in [0, 0.1) is 0 Å². The van der Waals surface area contributed by atoms with Crippen molar-refractivity contribution in [2.75, 3.05) is 30.5 Å². The molecule has 1 aliphatic heterocycles. The van der Waals surface area contributed by atoms with Gasteiger partial charge in [-0.3, -0.25) is 10.1 Å². The molecule has 5 rings (SSSR count). The fourth-order valence-corrected chi connectivity index (χ4v) is 4.57. The molecule has 0 bridgehead atoms. The number of rotatable bonds is 5. The van der Waals surface area contributed by atoms with Gasteiger partial charge in [0.2, 0.25) is 5.91 Å². The fraction of sp³-hybridized carbons (Fsp3) is 0.154. The van der Waals surface area contributed by atoms with Crippen molar-refractivity contribution in [1.29, 1.82) is 0 Å². The third kappa shape index (κ3) is 4.24. The Morgan fingerprint density at radius 1 is 1.06 bits per heavy atom. The zero-order valence-electron chi connectivity index (χ0n) is 18.5. The third-order valence-electron chi connectivity index (χ3n) is 5.81. The van der Waals surface area contributed by atoms with Crippen LogP contribution in [0.15, 0.2) is 77.3 Å². The van der Waals surface area contributed by atoms with E-state index in [1.165, 1.54) is 0 Å². The highest BCUT2D eigenvalue weighted by Gasteiger charge is 2.27. The Labute approximate surface area is 205 Å². The normalized spacial score (nSPS) is 12.6. The summed E-state index contributed by atoms with van der Waals surface area (Å²) >= 11 is 3.56. The molecule has 0 radical (unpaired) electrons. The summed E-state index contributed by atoms with van der Waals surface area (Å²) in [5.74, 6) is 0.630. The second-order valence-electron chi connectivity index (χ2n) is 7.87. The largest absolute Gasteiger partial charge is 0.497 e. The molecular weight excluding hydrogens is 498 g/mol. The highest BCUT2D eigenvalue weighted by atomic mass is 79.9. The molecule has 172 valence electrons. The molecule has 2 amide bonds. The van der Waals surface area contributed by atoms with E-state index in [9.17, 15) is 9.59 Å². The number of benzene rings is 3. The molecule has 1 aromatic heterocycles. The van der Waals surface area contributed by atoms with Crippen LogP contribution in [-0.2, 0) is 16.1 Å². The lowest BCUT2D eigenvalue weighted by Crippen LogP contribution is -2.36. The number of amides is 2. The van der Waals surface area contributed by atoms with Gasteiger partial charge in [0.05, 0.1) is 25.0 Å². The second kappa shape index (κ2) is 9.23. The number of ether oxygens (including phenoxy) is 2. The monoisotopic (exact) mass is 519 g/mol. The Balaban J connectivity index is 1.35. The van der Waals surface area contributed by atoms with Crippen LogP contribution >= 0.6 is 15.9 Å². The lowest BCUT2D eigenvalue weighted by atomic mass is 10.1. The molecule has 2 heterocycles. The van der Waals surface area contributed by atoms with E-state index >= 15 is 0 Å². The number of anilines is 2. The molecule has 0 unspecified atom stereocenters. The van der Waals surface area contributed by atoms with E-state index in [0.717, 1.165) is 32.3 Å². The van der Waals surface area contributed by atoms with Crippen molar-refractivity contribution < 1.29 is 19.1 Å². The molecule has 3 aromatic carbocycles. The van der Waals surface area contributed by atoms with Crippen LogP contribution in [0.4, 0.5) is 16.2 Å². The van der Waals surface area contributed by atoms with Crippen molar-refractivity contribution in [3.63, 3.8) is 0 Å². The highest BCUT2D eigenvalue weighted by Crippen LogP contribution is 2.39. The van der Waals surface area contributed by atoms with E-state index < -0.39 is 6.09 Å². The Kier molecular flexibility index (Phi) is 5.98. The van der Waals surface area contributed by atoms with Crippen molar-refractivity contribution >= 4 is 50.2 Å². The van der Waals surface area contributed by atoms with Gasteiger partial charge >= 0.3 is 6.09 Å². The molecule has 0 saturated heterocycles.